The first-order valence-corrected chi connectivity index (χ1v) is 8.35. The molecule has 1 saturated carbocycles. The third-order valence-electron chi connectivity index (χ3n) is 4.82. The van der Waals surface area contributed by atoms with E-state index in [1.165, 1.54) is 0 Å². The summed E-state index contributed by atoms with van der Waals surface area (Å²) in [4.78, 5) is 15.7. The fourth-order valence-electron chi connectivity index (χ4n) is 3.42. The Morgan fingerprint density at radius 3 is 3.00 bits per heavy atom. The Morgan fingerprint density at radius 1 is 1.40 bits per heavy atom. The lowest BCUT2D eigenvalue weighted by molar-refractivity contribution is 0.0659. The zero-order chi connectivity index (χ0) is 17.1. The minimum atomic E-state index is -1.05. The average molecular weight is 340 g/mol. The number of carbonyl (C=O) groups is 1. The van der Waals surface area contributed by atoms with E-state index < -0.39 is 5.97 Å². The lowest BCUT2D eigenvalue weighted by Crippen LogP contribution is -2.03. The molecule has 2 aliphatic carbocycles. The Morgan fingerprint density at radius 2 is 2.24 bits per heavy atom. The first-order chi connectivity index (χ1) is 12.1. The number of nitrogens with zero attached hydrogens (tertiary/aromatic N) is 4. The lowest BCUT2D eigenvalue weighted by Gasteiger charge is -2.09. The molecule has 1 fully saturated rings. The van der Waals surface area contributed by atoms with Gasteiger partial charge < -0.3 is 14.0 Å². The molecule has 0 radical (unpaired) electrons. The summed E-state index contributed by atoms with van der Waals surface area (Å²) in [7, 11) is 0. The summed E-state index contributed by atoms with van der Waals surface area (Å²) < 4.78 is 12.6. The van der Waals surface area contributed by atoms with Crippen LogP contribution in [0, 0.1) is 6.92 Å². The summed E-state index contributed by atoms with van der Waals surface area (Å²) >= 11 is 0. The number of carboxylic acids is 1. The van der Waals surface area contributed by atoms with E-state index in [0.29, 0.717) is 41.9 Å². The van der Waals surface area contributed by atoms with Crippen LogP contribution in [0.15, 0.2) is 15.1 Å². The van der Waals surface area contributed by atoms with Crippen molar-refractivity contribution in [2.24, 2.45) is 0 Å². The molecule has 25 heavy (non-hydrogen) atoms. The summed E-state index contributed by atoms with van der Waals surface area (Å²) in [6, 6.07) is 0. The Bertz CT molecular complexity index is 993. The monoisotopic (exact) mass is 340 g/mol. The molecule has 0 saturated heterocycles. The van der Waals surface area contributed by atoms with Gasteiger partial charge in [0.1, 0.15) is 12.3 Å². The second-order valence-electron chi connectivity index (χ2n) is 6.68. The van der Waals surface area contributed by atoms with E-state index in [9.17, 15) is 9.90 Å². The standard InChI is InChI=1S/C17H16N4O4/c1-8-13-11(24-15(8)17(22)23)5-4-10-6-21(19-14(10)13)7-12-18-16(25-20-12)9-2-3-9/h6,9H,2-5,7H2,1H3,(H,22,23). The van der Waals surface area contributed by atoms with Gasteiger partial charge in [-0.25, -0.2) is 4.79 Å². The normalized spacial score (nSPS) is 15.9. The molecule has 1 N–H and O–H groups in total. The molecule has 0 spiro atoms. The predicted octanol–water partition coefficient (Wildman–Crippen LogP) is 2.56. The van der Waals surface area contributed by atoms with Crippen molar-refractivity contribution in [3.63, 3.8) is 0 Å². The van der Waals surface area contributed by atoms with Gasteiger partial charge in [0.25, 0.3) is 0 Å². The summed E-state index contributed by atoms with van der Waals surface area (Å²) in [6.07, 6.45) is 5.65. The number of hydrogen-bond donors (Lipinski definition) is 1. The van der Waals surface area contributed by atoms with Crippen molar-refractivity contribution in [3.05, 3.63) is 40.6 Å². The molecular weight excluding hydrogens is 324 g/mol. The highest BCUT2D eigenvalue weighted by atomic mass is 16.5. The van der Waals surface area contributed by atoms with E-state index in [2.05, 4.69) is 15.2 Å². The van der Waals surface area contributed by atoms with Gasteiger partial charge >= 0.3 is 5.97 Å². The van der Waals surface area contributed by atoms with Crippen molar-refractivity contribution in [1.29, 1.82) is 0 Å². The van der Waals surface area contributed by atoms with Crippen molar-refractivity contribution in [2.45, 2.75) is 45.1 Å². The summed E-state index contributed by atoms with van der Waals surface area (Å²) in [5.74, 6) is 1.40. The number of furan rings is 1. The van der Waals surface area contributed by atoms with Crippen LogP contribution in [0.25, 0.3) is 11.3 Å². The van der Waals surface area contributed by atoms with Gasteiger partial charge in [0.2, 0.25) is 11.7 Å². The predicted molar refractivity (Wildman–Crippen MR) is 84.4 cm³/mol. The molecular formula is C17H16N4O4. The molecule has 0 bridgehead atoms. The van der Waals surface area contributed by atoms with Crippen LogP contribution < -0.4 is 0 Å². The number of aromatic carboxylic acids is 1. The van der Waals surface area contributed by atoms with E-state index in [0.717, 1.165) is 36.1 Å². The zero-order valence-electron chi connectivity index (χ0n) is 13.7. The molecule has 0 amide bonds. The molecule has 3 aromatic heterocycles. The summed E-state index contributed by atoms with van der Waals surface area (Å²) in [5.41, 5.74) is 3.31. The molecule has 3 aromatic rings. The van der Waals surface area contributed by atoms with Gasteiger partial charge in [-0.3, -0.25) is 4.68 Å². The van der Waals surface area contributed by atoms with Crippen LogP contribution in [0.1, 0.15) is 57.9 Å². The van der Waals surface area contributed by atoms with Crippen LogP contribution in [-0.2, 0) is 19.4 Å². The van der Waals surface area contributed by atoms with E-state index >= 15 is 0 Å². The van der Waals surface area contributed by atoms with Gasteiger partial charge in [-0.1, -0.05) is 5.16 Å². The minimum Gasteiger partial charge on any atom is -0.475 e. The first-order valence-electron chi connectivity index (χ1n) is 8.35. The van der Waals surface area contributed by atoms with Gasteiger partial charge in [-0.05, 0) is 31.7 Å². The van der Waals surface area contributed by atoms with Gasteiger partial charge in [-0.15, -0.1) is 0 Å². The molecule has 2 aliphatic rings. The van der Waals surface area contributed by atoms with E-state index in [-0.39, 0.29) is 5.76 Å². The van der Waals surface area contributed by atoms with Crippen LogP contribution in [0.4, 0.5) is 0 Å². The highest BCUT2D eigenvalue weighted by Crippen LogP contribution is 2.39. The van der Waals surface area contributed by atoms with Crippen molar-refractivity contribution in [3.8, 4) is 11.3 Å². The van der Waals surface area contributed by atoms with E-state index in [1.54, 1.807) is 11.6 Å². The third-order valence-corrected chi connectivity index (χ3v) is 4.82. The molecule has 8 nitrogen and oxygen atoms in total. The molecule has 0 aliphatic heterocycles. The number of rotatable bonds is 4. The van der Waals surface area contributed by atoms with Gasteiger partial charge in [0, 0.05) is 29.7 Å². The van der Waals surface area contributed by atoms with E-state index in [1.807, 2.05) is 6.20 Å². The van der Waals surface area contributed by atoms with Gasteiger partial charge in [0.05, 0.1) is 5.69 Å². The molecule has 0 aromatic carbocycles. The Balaban J connectivity index is 1.49. The number of hydrogen-bond acceptors (Lipinski definition) is 6. The molecule has 0 atom stereocenters. The second kappa shape index (κ2) is 5.05. The fraction of sp³-hybridized carbons (Fsp3) is 0.412. The summed E-state index contributed by atoms with van der Waals surface area (Å²) in [5, 5.41) is 17.9. The van der Waals surface area contributed by atoms with Crippen molar-refractivity contribution >= 4 is 5.97 Å². The maximum Gasteiger partial charge on any atom is 0.372 e. The van der Waals surface area contributed by atoms with Crippen molar-refractivity contribution in [2.75, 3.05) is 0 Å². The average Bonchev–Trinajstić information content (AvgIpc) is 3.03. The van der Waals surface area contributed by atoms with Crippen molar-refractivity contribution in [1.82, 2.24) is 19.9 Å². The number of carboxylic acid groups (broad SMARTS) is 1. The van der Waals surface area contributed by atoms with Crippen LogP contribution >= 0.6 is 0 Å². The molecule has 128 valence electrons. The number of fused-ring (bicyclic) bond motifs is 3. The fourth-order valence-corrected chi connectivity index (χ4v) is 3.42. The maximum absolute atomic E-state index is 11.3. The van der Waals surface area contributed by atoms with Crippen LogP contribution in [0.3, 0.4) is 0 Å². The van der Waals surface area contributed by atoms with Crippen LogP contribution in [0.2, 0.25) is 0 Å². The van der Waals surface area contributed by atoms with Gasteiger partial charge in [-0.2, -0.15) is 10.1 Å². The minimum absolute atomic E-state index is 0.000330. The topological polar surface area (TPSA) is 107 Å². The first kappa shape index (κ1) is 14.4. The number of aryl methyl sites for hydroxylation is 2. The Kier molecular flexibility index (Phi) is 2.92. The van der Waals surface area contributed by atoms with Crippen LogP contribution in [-0.4, -0.2) is 31.0 Å². The Hall–Kier alpha value is -2.90. The molecule has 3 heterocycles. The largest absolute Gasteiger partial charge is 0.475 e. The van der Waals surface area contributed by atoms with Crippen molar-refractivity contribution < 1.29 is 18.8 Å². The zero-order valence-corrected chi connectivity index (χ0v) is 13.7. The smallest absolute Gasteiger partial charge is 0.372 e. The molecule has 0 unspecified atom stereocenters. The molecule has 8 heteroatoms. The SMILES string of the molecule is Cc1c(C(=O)O)oc2c1-c1nn(Cc3noc(C4CC4)n3)cc1CC2. The Labute approximate surface area is 142 Å². The van der Waals surface area contributed by atoms with E-state index in [4.69, 9.17) is 8.94 Å². The highest BCUT2D eigenvalue weighted by molar-refractivity contribution is 5.90. The van der Waals surface area contributed by atoms with Gasteiger partial charge in [0.15, 0.2) is 5.82 Å². The summed E-state index contributed by atoms with van der Waals surface area (Å²) in [6.45, 7) is 2.20. The maximum atomic E-state index is 11.3. The van der Waals surface area contributed by atoms with Crippen LogP contribution in [0.5, 0.6) is 0 Å². The highest BCUT2D eigenvalue weighted by Gasteiger charge is 2.31. The third kappa shape index (κ3) is 2.28. The number of aromatic nitrogens is 4. The lowest BCUT2D eigenvalue weighted by atomic mass is 9.94. The molecule has 5 rings (SSSR count). The second-order valence-corrected chi connectivity index (χ2v) is 6.68. The quantitative estimate of drug-likeness (QED) is 0.777.